The summed E-state index contributed by atoms with van der Waals surface area (Å²) in [4.78, 5) is 13.3. The number of aryl methyl sites for hydroxylation is 2. The quantitative estimate of drug-likeness (QED) is 0.775. The summed E-state index contributed by atoms with van der Waals surface area (Å²) in [6, 6.07) is 6.54. The van der Waals surface area contributed by atoms with Gasteiger partial charge in [-0.05, 0) is 50.5 Å². The number of carbonyl (C=O) groups is 1. The van der Waals surface area contributed by atoms with Crippen molar-refractivity contribution in [3.8, 4) is 0 Å². The minimum Gasteiger partial charge on any atom is -0.344 e. The van der Waals surface area contributed by atoms with Crippen molar-refractivity contribution in [1.82, 2.24) is 4.57 Å². The molecular formula is C22H23NO. The topological polar surface area (TPSA) is 22.0 Å². The summed E-state index contributed by atoms with van der Waals surface area (Å²) in [6.45, 7) is 3.26. The Labute approximate surface area is 142 Å². The molecule has 1 aromatic carbocycles. The number of rotatable bonds is 2. The largest absolute Gasteiger partial charge is 0.344 e. The standard InChI is InChI=1S/C22H23NO/c1-14-5-2-7-16(14)13-17-10-11-19-20(22(17)24)18-9-3-6-15-8-4-12-23(19)21(15)18/h2-3,5-7,9,16-17H,4,8,10-13H2,1H3/t16?,17-/m1/s1. The Morgan fingerprint density at radius 2 is 2.17 bits per heavy atom. The third kappa shape index (κ3) is 1.92. The summed E-state index contributed by atoms with van der Waals surface area (Å²) in [7, 11) is 0. The fourth-order valence-electron chi connectivity index (χ4n) is 5.01. The number of allylic oxidation sites excluding steroid dienone is 4. The molecule has 0 amide bonds. The van der Waals surface area contributed by atoms with Crippen LogP contribution in [-0.2, 0) is 19.4 Å². The van der Waals surface area contributed by atoms with Gasteiger partial charge in [0.1, 0.15) is 0 Å². The van der Waals surface area contributed by atoms with Gasteiger partial charge in [0.05, 0.1) is 5.52 Å². The third-order valence-corrected chi connectivity index (χ3v) is 6.27. The second-order valence-corrected chi connectivity index (χ2v) is 7.63. The summed E-state index contributed by atoms with van der Waals surface area (Å²) in [5.74, 6) is 1.03. The number of aromatic nitrogens is 1. The van der Waals surface area contributed by atoms with Crippen molar-refractivity contribution in [2.45, 2.75) is 45.6 Å². The van der Waals surface area contributed by atoms with E-state index < -0.39 is 0 Å². The number of ketones is 1. The van der Waals surface area contributed by atoms with E-state index in [1.807, 2.05) is 0 Å². The van der Waals surface area contributed by atoms with E-state index in [1.54, 1.807) is 0 Å². The minimum atomic E-state index is 0.178. The maximum atomic E-state index is 13.3. The number of fused-ring (bicyclic) bond motifs is 3. The zero-order valence-electron chi connectivity index (χ0n) is 14.2. The molecule has 2 aliphatic carbocycles. The molecule has 0 fully saturated rings. The Bertz CT molecular complexity index is 912. The summed E-state index contributed by atoms with van der Waals surface area (Å²) in [6.07, 6.45) is 12.0. The molecule has 5 rings (SSSR count). The van der Waals surface area contributed by atoms with E-state index in [0.29, 0.717) is 11.7 Å². The second-order valence-electron chi connectivity index (χ2n) is 7.63. The number of para-hydroxylation sites is 1. The van der Waals surface area contributed by atoms with Gasteiger partial charge in [0.2, 0.25) is 0 Å². The van der Waals surface area contributed by atoms with Crippen molar-refractivity contribution in [3.05, 3.63) is 58.8 Å². The molecule has 0 radical (unpaired) electrons. The van der Waals surface area contributed by atoms with E-state index in [-0.39, 0.29) is 5.92 Å². The molecule has 3 aliphatic rings. The zero-order valence-corrected chi connectivity index (χ0v) is 14.2. The van der Waals surface area contributed by atoms with Crippen molar-refractivity contribution in [3.63, 3.8) is 0 Å². The third-order valence-electron chi connectivity index (χ3n) is 6.27. The van der Waals surface area contributed by atoms with Crippen molar-refractivity contribution >= 4 is 16.7 Å². The first kappa shape index (κ1) is 14.3. The van der Waals surface area contributed by atoms with Crippen LogP contribution in [0.15, 0.2) is 42.0 Å². The zero-order chi connectivity index (χ0) is 16.3. The van der Waals surface area contributed by atoms with Gasteiger partial charge in [0.25, 0.3) is 0 Å². The lowest BCUT2D eigenvalue weighted by molar-refractivity contribution is 0.0889. The molecular weight excluding hydrogens is 294 g/mol. The van der Waals surface area contributed by atoms with Crippen LogP contribution in [-0.4, -0.2) is 10.4 Å². The summed E-state index contributed by atoms with van der Waals surface area (Å²) < 4.78 is 2.46. The summed E-state index contributed by atoms with van der Waals surface area (Å²) in [5.41, 5.74) is 6.53. The van der Waals surface area contributed by atoms with E-state index in [9.17, 15) is 4.79 Å². The Balaban J connectivity index is 1.58. The molecule has 1 aliphatic heterocycles. The molecule has 2 heterocycles. The summed E-state index contributed by atoms with van der Waals surface area (Å²) >= 11 is 0. The highest BCUT2D eigenvalue weighted by molar-refractivity contribution is 6.12. The van der Waals surface area contributed by atoms with Crippen LogP contribution in [0.4, 0.5) is 0 Å². The first-order valence-corrected chi connectivity index (χ1v) is 9.26. The van der Waals surface area contributed by atoms with Crippen molar-refractivity contribution < 1.29 is 4.79 Å². The van der Waals surface area contributed by atoms with Crippen LogP contribution in [0.3, 0.4) is 0 Å². The highest BCUT2D eigenvalue weighted by Crippen LogP contribution is 2.40. The van der Waals surface area contributed by atoms with Gasteiger partial charge in [-0.25, -0.2) is 0 Å². The predicted molar refractivity (Wildman–Crippen MR) is 97.4 cm³/mol. The van der Waals surface area contributed by atoms with Crippen molar-refractivity contribution in [1.29, 1.82) is 0 Å². The molecule has 1 aromatic heterocycles. The van der Waals surface area contributed by atoms with Gasteiger partial charge >= 0.3 is 0 Å². The Kier molecular flexibility index (Phi) is 3.09. The molecule has 2 heteroatoms. The van der Waals surface area contributed by atoms with E-state index in [2.05, 4.69) is 47.9 Å². The molecule has 24 heavy (non-hydrogen) atoms. The monoisotopic (exact) mass is 317 g/mol. The van der Waals surface area contributed by atoms with Crippen molar-refractivity contribution in [2.24, 2.45) is 11.8 Å². The highest BCUT2D eigenvalue weighted by atomic mass is 16.1. The van der Waals surface area contributed by atoms with Crippen LogP contribution in [0.25, 0.3) is 10.9 Å². The molecule has 0 N–H and O–H groups in total. The molecule has 0 saturated carbocycles. The fourth-order valence-corrected chi connectivity index (χ4v) is 5.01. The van der Waals surface area contributed by atoms with Crippen LogP contribution in [0, 0.1) is 11.8 Å². The molecule has 2 nitrogen and oxygen atoms in total. The summed E-state index contributed by atoms with van der Waals surface area (Å²) in [5, 5.41) is 1.21. The van der Waals surface area contributed by atoms with Crippen LogP contribution >= 0.6 is 0 Å². The normalized spacial score (nSPS) is 25.2. The van der Waals surface area contributed by atoms with E-state index in [4.69, 9.17) is 0 Å². The van der Waals surface area contributed by atoms with Crippen LogP contribution in [0.1, 0.15) is 47.8 Å². The SMILES string of the molecule is CC1=CC=CC1C[C@H]1CCc2c(c3cccc4c3n2CCC4)C1=O. The Morgan fingerprint density at radius 1 is 1.25 bits per heavy atom. The average Bonchev–Trinajstić information content (AvgIpc) is 3.15. The molecule has 0 bridgehead atoms. The first-order valence-electron chi connectivity index (χ1n) is 9.26. The lowest BCUT2D eigenvalue weighted by Crippen LogP contribution is -2.25. The minimum absolute atomic E-state index is 0.178. The van der Waals surface area contributed by atoms with Gasteiger partial charge < -0.3 is 4.57 Å². The maximum Gasteiger partial charge on any atom is 0.168 e. The van der Waals surface area contributed by atoms with Gasteiger partial charge in [0, 0.05) is 29.1 Å². The number of Topliss-reactive ketones (excluding diaryl/α,β-unsaturated/α-hetero) is 1. The molecule has 1 unspecified atom stereocenters. The lowest BCUT2D eigenvalue weighted by atomic mass is 9.79. The smallest absolute Gasteiger partial charge is 0.168 e. The van der Waals surface area contributed by atoms with Gasteiger partial charge in [-0.2, -0.15) is 0 Å². The molecule has 0 saturated heterocycles. The molecule has 0 spiro atoms. The molecule has 2 atom stereocenters. The fraction of sp³-hybridized carbons (Fsp3) is 0.409. The maximum absolute atomic E-state index is 13.3. The average molecular weight is 317 g/mol. The number of nitrogens with zero attached hydrogens (tertiary/aromatic N) is 1. The van der Waals surface area contributed by atoms with E-state index in [1.165, 1.54) is 34.2 Å². The van der Waals surface area contributed by atoms with Gasteiger partial charge in [-0.3, -0.25) is 4.79 Å². The highest BCUT2D eigenvalue weighted by Gasteiger charge is 2.35. The predicted octanol–water partition coefficient (Wildman–Crippen LogP) is 4.86. The van der Waals surface area contributed by atoms with Crippen LogP contribution < -0.4 is 0 Å². The van der Waals surface area contributed by atoms with Crippen LogP contribution in [0.2, 0.25) is 0 Å². The lowest BCUT2D eigenvalue weighted by Gasteiger charge is -2.25. The number of hydrogen-bond donors (Lipinski definition) is 0. The number of carbonyl (C=O) groups excluding carboxylic acids is 1. The number of benzene rings is 1. The second kappa shape index (κ2) is 5.20. The molecule has 2 aromatic rings. The Morgan fingerprint density at radius 3 is 3.00 bits per heavy atom. The van der Waals surface area contributed by atoms with E-state index in [0.717, 1.165) is 37.8 Å². The number of hydrogen-bond acceptors (Lipinski definition) is 1. The van der Waals surface area contributed by atoms with Crippen LogP contribution in [0.5, 0.6) is 0 Å². The van der Waals surface area contributed by atoms with Gasteiger partial charge in [0.15, 0.2) is 5.78 Å². The van der Waals surface area contributed by atoms with Gasteiger partial charge in [-0.1, -0.05) is 42.0 Å². The Hall–Kier alpha value is -2.09. The molecule has 122 valence electrons. The van der Waals surface area contributed by atoms with E-state index >= 15 is 0 Å². The van der Waals surface area contributed by atoms with Crippen molar-refractivity contribution in [2.75, 3.05) is 0 Å². The first-order chi connectivity index (χ1) is 11.7. The van der Waals surface area contributed by atoms with Gasteiger partial charge in [-0.15, -0.1) is 0 Å².